The Bertz CT molecular complexity index is 678. The summed E-state index contributed by atoms with van der Waals surface area (Å²) < 4.78 is 0. The van der Waals surface area contributed by atoms with Crippen LogP contribution in [0.15, 0.2) is 24.3 Å². The van der Waals surface area contributed by atoms with Gasteiger partial charge in [0.2, 0.25) is 11.9 Å². The van der Waals surface area contributed by atoms with Crippen molar-refractivity contribution in [3.63, 3.8) is 0 Å². The highest BCUT2D eigenvalue weighted by Gasteiger charge is 2.13. The maximum Gasteiger partial charge on any atom is 0.253 e. The fraction of sp³-hybridized carbons (Fsp3) is 0.333. The lowest BCUT2D eigenvalue weighted by atomic mass is 10.2. The van der Waals surface area contributed by atoms with Gasteiger partial charge in [0, 0.05) is 28.2 Å². The molecule has 0 saturated carbocycles. The van der Waals surface area contributed by atoms with Gasteiger partial charge in [-0.3, -0.25) is 4.79 Å². The van der Waals surface area contributed by atoms with Crippen molar-refractivity contribution in [2.45, 2.75) is 6.54 Å². The molecule has 0 bridgehead atoms. The number of amides is 1. The fourth-order valence-corrected chi connectivity index (χ4v) is 2.00. The van der Waals surface area contributed by atoms with E-state index in [0.717, 1.165) is 0 Å². The highest BCUT2D eigenvalue weighted by Crippen LogP contribution is 2.15. The molecular formula is C15H19ClN6O. The largest absolute Gasteiger partial charge is 0.347 e. The maximum absolute atomic E-state index is 12.2. The molecule has 0 aliphatic rings. The summed E-state index contributed by atoms with van der Waals surface area (Å²) in [4.78, 5) is 28.8. The van der Waals surface area contributed by atoms with Crippen LogP contribution in [0.5, 0.6) is 0 Å². The third-order valence-electron chi connectivity index (χ3n) is 2.98. The number of aromatic nitrogens is 3. The Morgan fingerprint density at radius 1 is 1.04 bits per heavy atom. The number of benzene rings is 1. The highest BCUT2D eigenvalue weighted by atomic mass is 35.5. The van der Waals surface area contributed by atoms with Gasteiger partial charge in [0.1, 0.15) is 0 Å². The van der Waals surface area contributed by atoms with Crippen molar-refractivity contribution in [2.75, 3.05) is 38.0 Å². The average molecular weight is 335 g/mol. The van der Waals surface area contributed by atoms with Crippen LogP contribution in [0, 0.1) is 0 Å². The first kappa shape index (κ1) is 17.0. The summed E-state index contributed by atoms with van der Waals surface area (Å²) in [6.07, 6.45) is 0. The van der Waals surface area contributed by atoms with E-state index >= 15 is 0 Å². The zero-order chi connectivity index (χ0) is 17.0. The minimum absolute atomic E-state index is 0.189. The van der Waals surface area contributed by atoms with Crippen LogP contribution in [0.25, 0.3) is 0 Å². The van der Waals surface area contributed by atoms with Crippen molar-refractivity contribution in [2.24, 2.45) is 0 Å². The van der Waals surface area contributed by atoms with Crippen LogP contribution in [-0.2, 0) is 6.54 Å². The zero-order valence-electron chi connectivity index (χ0n) is 13.5. The fourth-order valence-electron chi connectivity index (χ4n) is 1.77. The molecule has 0 atom stereocenters. The molecule has 1 amide bonds. The van der Waals surface area contributed by atoms with Crippen molar-refractivity contribution >= 4 is 29.4 Å². The van der Waals surface area contributed by atoms with Crippen molar-refractivity contribution in [1.29, 1.82) is 0 Å². The van der Waals surface area contributed by atoms with Gasteiger partial charge in [0.15, 0.2) is 5.82 Å². The molecular weight excluding hydrogens is 316 g/mol. The Balaban J connectivity index is 2.17. The second kappa shape index (κ2) is 7.23. The summed E-state index contributed by atoms with van der Waals surface area (Å²) >= 11 is 6.02. The molecule has 0 fully saturated rings. The van der Waals surface area contributed by atoms with Crippen LogP contribution in [0.4, 0.5) is 11.9 Å². The summed E-state index contributed by atoms with van der Waals surface area (Å²) in [5, 5.41) is 3.18. The van der Waals surface area contributed by atoms with E-state index in [-0.39, 0.29) is 12.5 Å². The summed E-state index contributed by atoms with van der Waals surface area (Å²) in [7, 11) is 7.39. The van der Waals surface area contributed by atoms with E-state index < -0.39 is 0 Å². The highest BCUT2D eigenvalue weighted by molar-refractivity contribution is 6.33. The molecule has 7 nitrogen and oxygen atoms in total. The first-order chi connectivity index (χ1) is 10.9. The number of rotatable bonds is 5. The van der Waals surface area contributed by atoms with E-state index in [0.29, 0.717) is 28.3 Å². The monoisotopic (exact) mass is 334 g/mol. The standard InChI is InChI=1S/C15H19ClN6O/c1-21(2)14-18-12(19-15(20-14)22(3)4)9-17-13(23)10-7-5-6-8-11(10)16/h5-8H,9H2,1-4H3,(H,17,23). The van der Waals surface area contributed by atoms with E-state index in [9.17, 15) is 4.79 Å². The Hall–Kier alpha value is -2.41. The second-order valence-corrected chi connectivity index (χ2v) is 5.71. The van der Waals surface area contributed by atoms with Crippen LogP contribution in [0.1, 0.15) is 16.2 Å². The van der Waals surface area contributed by atoms with E-state index in [1.807, 2.05) is 28.2 Å². The van der Waals surface area contributed by atoms with Crippen LogP contribution in [0.3, 0.4) is 0 Å². The van der Waals surface area contributed by atoms with E-state index in [1.54, 1.807) is 34.1 Å². The van der Waals surface area contributed by atoms with Gasteiger partial charge in [0.05, 0.1) is 17.1 Å². The maximum atomic E-state index is 12.2. The van der Waals surface area contributed by atoms with Crippen LogP contribution in [0.2, 0.25) is 5.02 Å². The number of carbonyl (C=O) groups is 1. The number of hydrogen-bond acceptors (Lipinski definition) is 6. The summed E-state index contributed by atoms with van der Waals surface area (Å²) in [5.41, 5.74) is 0.420. The van der Waals surface area contributed by atoms with Gasteiger partial charge < -0.3 is 15.1 Å². The van der Waals surface area contributed by atoms with Gasteiger partial charge in [0.25, 0.3) is 5.91 Å². The molecule has 0 saturated heterocycles. The first-order valence-electron chi connectivity index (χ1n) is 7.01. The zero-order valence-corrected chi connectivity index (χ0v) is 14.3. The molecule has 1 N–H and O–H groups in total. The molecule has 0 spiro atoms. The Kier molecular flexibility index (Phi) is 5.33. The molecule has 0 radical (unpaired) electrons. The summed E-state index contributed by atoms with van der Waals surface area (Å²) in [6.45, 7) is 0.189. The lowest BCUT2D eigenvalue weighted by Crippen LogP contribution is -2.26. The molecule has 1 aromatic carbocycles. The predicted molar refractivity (Wildman–Crippen MR) is 91.1 cm³/mol. The number of nitrogens with one attached hydrogen (secondary N) is 1. The minimum atomic E-state index is -0.270. The molecule has 0 aliphatic carbocycles. The van der Waals surface area contributed by atoms with Gasteiger partial charge in [-0.15, -0.1) is 0 Å². The lowest BCUT2D eigenvalue weighted by Gasteiger charge is -2.16. The summed E-state index contributed by atoms with van der Waals surface area (Å²) in [6, 6.07) is 6.88. The number of hydrogen-bond donors (Lipinski definition) is 1. The molecule has 8 heteroatoms. The second-order valence-electron chi connectivity index (χ2n) is 5.30. The van der Waals surface area contributed by atoms with Crippen molar-refractivity contribution in [3.8, 4) is 0 Å². The molecule has 1 aromatic heterocycles. The molecule has 23 heavy (non-hydrogen) atoms. The Morgan fingerprint density at radius 3 is 2.13 bits per heavy atom. The molecule has 2 aromatic rings. The molecule has 122 valence electrons. The van der Waals surface area contributed by atoms with Crippen molar-refractivity contribution in [3.05, 3.63) is 40.7 Å². The quantitative estimate of drug-likeness (QED) is 0.895. The number of halogens is 1. The van der Waals surface area contributed by atoms with E-state index in [1.165, 1.54) is 0 Å². The summed E-state index contributed by atoms with van der Waals surface area (Å²) in [5.74, 6) is 1.28. The average Bonchev–Trinajstić information content (AvgIpc) is 2.52. The van der Waals surface area contributed by atoms with E-state index in [2.05, 4.69) is 20.3 Å². The van der Waals surface area contributed by atoms with Gasteiger partial charge in [-0.25, -0.2) is 0 Å². The Morgan fingerprint density at radius 2 is 1.61 bits per heavy atom. The topological polar surface area (TPSA) is 74.2 Å². The number of anilines is 2. The van der Waals surface area contributed by atoms with Gasteiger partial charge in [-0.05, 0) is 12.1 Å². The van der Waals surface area contributed by atoms with Gasteiger partial charge >= 0.3 is 0 Å². The smallest absolute Gasteiger partial charge is 0.253 e. The van der Waals surface area contributed by atoms with Gasteiger partial charge in [-0.2, -0.15) is 15.0 Å². The minimum Gasteiger partial charge on any atom is -0.347 e. The molecule has 0 unspecified atom stereocenters. The van der Waals surface area contributed by atoms with Crippen LogP contribution >= 0.6 is 11.6 Å². The number of carbonyl (C=O) groups excluding carboxylic acids is 1. The van der Waals surface area contributed by atoms with Crippen molar-refractivity contribution in [1.82, 2.24) is 20.3 Å². The number of nitrogens with zero attached hydrogens (tertiary/aromatic N) is 5. The predicted octanol–water partition coefficient (Wildman–Crippen LogP) is 1.59. The molecule has 2 rings (SSSR count). The first-order valence-corrected chi connectivity index (χ1v) is 7.38. The molecule has 0 aliphatic heterocycles. The third-order valence-corrected chi connectivity index (χ3v) is 3.31. The van der Waals surface area contributed by atoms with Gasteiger partial charge in [-0.1, -0.05) is 23.7 Å². The molecule has 1 heterocycles. The van der Waals surface area contributed by atoms with Crippen LogP contribution < -0.4 is 15.1 Å². The third kappa shape index (κ3) is 4.29. The Labute approximate surface area is 140 Å². The lowest BCUT2D eigenvalue weighted by molar-refractivity contribution is 0.0950. The van der Waals surface area contributed by atoms with E-state index in [4.69, 9.17) is 11.6 Å². The van der Waals surface area contributed by atoms with Crippen molar-refractivity contribution < 1.29 is 4.79 Å². The normalized spacial score (nSPS) is 10.3. The van der Waals surface area contributed by atoms with Crippen LogP contribution in [-0.4, -0.2) is 49.0 Å². The SMILES string of the molecule is CN(C)c1nc(CNC(=O)c2ccccc2Cl)nc(N(C)C)n1.